The zero-order chi connectivity index (χ0) is 18.2. The highest BCUT2D eigenvalue weighted by Gasteiger charge is 2.20. The summed E-state index contributed by atoms with van der Waals surface area (Å²) in [5.74, 6) is 0. The zero-order valence-electron chi connectivity index (χ0n) is 14.8. The summed E-state index contributed by atoms with van der Waals surface area (Å²) in [6.45, 7) is 2.75. The van der Waals surface area contributed by atoms with Crippen molar-refractivity contribution in [1.82, 2.24) is 9.55 Å². The number of para-hydroxylation sites is 3. The molecule has 0 aromatic heterocycles. The van der Waals surface area contributed by atoms with E-state index < -0.39 is 0 Å². The summed E-state index contributed by atoms with van der Waals surface area (Å²) in [4.78, 5) is 19.9. The molecule has 5 nitrogen and oxygen atoms in total. The maximum absolute atomic E-state index is 12.9. The van der Waals surface area contributed by atoms with E-state index >= 15 is 0 Å². The predicted molar refractivity (Wildman–Crippen MR) is 107 cm³/mol. The molecule has 27 heavy (non-hydrogen) atoms. The van der Waals surface area contributed by atoms with Crippen LogP contribution in [0.3, 0.4) is 0 Å². The first-order chi connectivity index (χ1) is 13.3. The molecule has 2 aromatic carbocycles. The minimum absolute atomic E-state index is 0.0196. The van der Waals surface area contributed by atoms with Crippen molar-refractivity contribution >= 4 is 16.7 Å². The van der Waals surface area contributed by atoms with E-state index in [9.17, 15) is 4.79 Å². The summed E-state index contributed by atoms with van der Waals surface area (Å²) in [6.07, 6.45) is 0. The van der Waals surface area contributed by atoms with Crippen LogP contribution in [0.2, 0.25) is 0 Å². The van der Waals surface area contributed by atoms with Gasteiger partial charge in [0.25, 0.3) is 0 Å². The van der Waals surface area contributed by atoms with E-state index in [2.05, 4.69) is 9.47 Å². The van der Waals surface area contributed by atoms with Crippen LogP contribution in [0.4, 0.5) is 5.69 Å². The van der Waals surface area contributed by atoms with E-state index in [1.165, 1.54) is 0 Å². The molecule has 0 spiro atoms. The second kappa shape index (κ2) is 6.52. The topological polar surface area (TPSA) is 47.4 Å². The first-order valence-corrected chi connectivity index (χ1v) is 9.15. The van der Waals surface area contributed by atoms with Crippen molar-refractivity contribution in [2.45, 2.75) is 0 Å². The van der Waals surface area contributed by atoms with Gasteiger partial charge in [-0.15, -0.1) is 0 Å². The Morgan fingerprint density at radius 3 is 2.44 bits per heavy atom. The molecule has 0 bridgehead atoms. The fourth-order valence-corrected chi connectivity index (χ4v) is 3.73. The number of nitrogens with zero attached hydrogens (tertiary/aromatic N) is 3. The van der Waals surface area contributed by atoms with Crippen LogP contribution in [-0.4, -0.2) is 35.9 Å². The standard InChI is InChI=1S/C22H19N3O2/c26-22-15-20-18(14-21(22)24-10-12-27-13-11-24)23-17-8-4-5-9-19(17)25(20)16-6-2-1-3-7-16/h1-9,14-15H,10-13H2. The largest absolute Gasteiger partial charge is 0.378 e. The van der Waals surface area contributed by atoms with Crippen LogP contribution in [0.25, 0.3) is 28.1 Å². The van der Waals surface area contributed by atoms with Crippen molar-refractivity contribution < 1.29 is 4.74 Å². The van der Waals surface area contributed by atoms with E-state index in [4.69, 9.17) is 9.72 Å². The van der Waals surface area contributed by atoms with Crippen molar-refractivity contribution in [2.24, 2.45) is 0 Å². The second-order valence-corrected chi connectivity index (χ2v) is 6.68. The molecule has 3 aliphatic rings. The molecular weight excluding hydrogens is 338 g/mol. The Bertz CT molecular complexity index is 1130. The van der Waals surface area contributed by atoms with Gasteiger partial charge in [-0.2, -0.15) is 0 Å². The molecule has 1 aliphatic carbocycles. The molecule has 1 fully saturated rings. The van der Waals surface area contributed by atoms with E-state index in [0.717, 1.165) is 41.2 Å². The average molecular weight is 357 g/mol. The maximum Gasteiger partial charge on any atom is 0.204 e. The molecule has 2 aliphatic heterocycles. The smallest absolute Gasteiger partial charge is 0.204 e. The normalized spacial score (nSPS) is 14.7. The number of anilines is 1. The Labute approximate surface area is 156 Å². The Kier molecular flexibility index (Phi) is 3.87. The number of hydrogen-bond acceptors (Lipinski definition) is 4. The van der Waals surface area contributed by atoms with Gasteiger partial charge in [0.1, 0.15) is 0 Å². The fourth-order valence-electron chi connectivity index (χ4n) is 3.73. The lowest BCUT2D eigenvalue weighted by Gasteiger charge is -2.29. The van der Waals surface area contributed by atoms with Gasteiger partial charge in [-0.3, -0.25) is 4.79 Å². The quantitative estimate of drug-likeness (QED) is 0.516. The number of morpholine rings is 1. The third-order valence-electron chi connectivity index (χ3n) is 5.03. The highest BCUT2D eigenvalue weighted by molar-refractivity contribution is 5.84. The van der Waals surface area contributed by atoms with Gasteiger partial charge in [-0.1, -0.05) is 30.3 Å². The first kappa shape index (κ1) is 16.0. The SMILES string of the molecule is O=c1cc2n(-c3ccccc3)c3ccccc3nc-2cc1N1CCOCC1. The molecule has 1 saturated heterocycles. The molecule has 0 amide bonds. The van der Waals surface area contributed by atoms with Gasteiger partial charge in [0, 0.05) is 24.8 Å². The van der Waals surface area contributed by atoms with Crippen LogP contribution in [-0.2, 0) is 4.74 Å². The monoisotopic (exact) mass is 357 g/mol. The molecule has 0 radical (unpaired) electrons. The summed E-state index contributed by atoms with van der Waals surface area (Å²) < 4.78 is 7.53. The molecular formula is C22H19N3O2. The third kappa shape index (κ3) is 2.76. The number of fused-ring (bicyclic) bond motifs is 2. The van der Waals surface area contributed by atoms with E-state index in [-0.39, 0.29) is 5.43 Å². The number of rotatable bonds is 2. The minimum Gasteiger partial charge on any atom is -0.378 e. The molecule has 2 heterocycles. The lowest BCUT2D eigenvalue weighted by molar-refractivity contribution is 0.122. The zero-order valence-corrected chi connectivity index (χ0v) is 14.8. The van der Waals surface area contributed by atoms with Crippen molar-refractivity contribution in [1.29, 1.82) is 0 Å². The fraction of sp³-hybridized carbons (Fsp3) is 0.182. The molecule has 5 heteroatoms. The van der Waals surface area contributed by atoms with E-state index in [1.807, 2.05) is 60.7 Å². The van der Waals surface area contributed by atoms with Crippen molar-refractivity contribution in [3.63, 3.8) is 0 Å². The predicted octanol–water partition coefficient (Wildman–Crippen LogP) is 3.33. The van der Waals surface area contributed by atoms with Gasteiger partial charge in [-0.05, 0) is 30.3 Å². The number of ether oxygens (including phenoxy) is 1. The summed E-state index contributed by atoms with van der Waals surface area (Å²) in [7, 11) is 0. The van der Waals surface area contributed by atoms with Crippen LogP contribution in [0.15, 0.2) is 71.5 Å². The Hall–Kier alpha value is -3.18. The van der Waals surface area contributed by atoms with Crippen LogP contribution < -0.4 is 10.3 Å². The van der Waals surface area contributed by atoms with Crippen molar-refractivity contribution in [3.8, 4) is 17.1 Å². The molecule has 134 valence electrons. The third-order valence-corrected chi connectivity index (χ3v) is 5.03. The highest BCUT2D eigenvalue weighted by atomic mass is 16.5. The van der Waals surface area contributed by atoms with Crippen LogP contribution in [0, 0.1) is 0 Å². The lowest BCUT2D eigenvalue weighted by Crippen LogP contribution is -2.38. The second-order valence-electron chi connectivity index (χ2n) is 6.68. The van der Waals surface area contributed by atoms with Gasteiger partial charge in [0.05, 0.1) is 41.3 Å². The molecule has 0 saturated carbocycles. The maximum atomic E-state index is 12.9. The van der Waals surface area contributed by atoms with Gasteiger partial charge in [0.2, 0.25) is 5.43 Å². The van der Waals surface area contributed by atoms with Crippen LogP contribution in [0.5, 0.6) is 0 Å². The van der Waals surface area contributed by atoms with Crippen molar-refractivity contribution in [2.75, 3.05) is 31.2 Å². The molecule has 2 aromatic rings. The van der Waals surface area contributed by atoms with Crippen molar-refractivity contribution in [3.05, 3.63) is 77.0 Å². The summed E-state index contributed by atoms with van der Waals surface area (Å²) in [5.41, 5.74) is 5.26. The minimum atomic E-state index is 0.0196. The average Bonchev–Trinajstić information content (AvgIpc) is 2.73. The van der Waals surface area contributed by atoms with Crippen LogP contribution in [0.1, 0.15) is 0 Å². The van der Waals surface area contributed by atoms with E-state index in [1.54, 1.807) is 6.07 Å². The number of benzene rings is 3. The Balaban J connectivity index is 1.81. The number of aromatic nitrogens is 2. The van der Waals surface area contributed by atoms with E-state index in [0.29, 0.717) is 18.9 Å². The van der Waals surface area contributed by atoms with Gasteiger partial charge in [0.15, 0.2) is 0 Å². The lowest BCUT2D eigenvalue weighted by atomic mass is 10.1. The highest BCUT2D eigenvalue weighted by Crippen LogP contribution is 2.30. The summed E-state index contributed by atoms with van der Waals surface area (Å²) in [5, 5.41) is 0. The first-order valence-electron chi connectivity index (χ1n) is 9.15. The molecule has 0 unspecified atom stereocenters. The Morgan fingerprint density at radius 1 is 0.889 bits per heavy atom. The Morgan fingerprint density at radius 2 is 1.63 bits per heavy atom. The van der Waals surface area contributed by atoms with Gasteiger partial charge < -0.3 is 14.2 Å². The number of hydrogen-bond donors (Lipinski definition) is 0. The molecule has 0 atom stereocenters. The van der Waals surface area contributed by atoms with Gasteiger partial charge in [-0.25, -0.2) is 4.98 Å². The van der Waals surface area contributed by atoms with Gasteiger partial charge >= 0.3 is 0 Å². The molecule has 5 rings (SSSR count). The summed E-state index contributed by atoms with van der Waals surface area (Å²) in [6, 6.07) is 21.8. The summed E-state index contributed by atoms with van der Waals surface area (Å²) >= 11 is 0. The molecule has 0 N–H and O–H groups in total. The van der Waals surface area contributed by atoms with Crippen LogP contribution >= 0.6 is 0 Å².